The minimum Gasteiger partial charge on any atom is -0.482 e. The number of ether oxygens (including phenoxy) is 1. The van der Waals surface area contributed by atoms with E-state index in [1.165, 1.54) is 30.3 Å². The van der Waals surface area contributed by atoms with Crippen molar-refractivity contribution < 1.29 is 18.3 Å². The van der Waals surface area contributed by atoms with Gasteiger partial charge >= 0.3 is 6.01 Å². The molecule has 0 bridgehead atoms. The van der Waals surface area contributed by atoms with Crippen LogP contribution in [-0.4, -0.2) is 22.7 Å². The Labute approximate surface area is 151 Å². The summed E-state index contributed by atoms with van der Waals surface area (Å²) in [5.74, 6) is -0.425. The van der Waals surface area contributed by atoms with E-state index in [1.807, 2.05) is 0 Å². The summed E-state index contributed by atoms with van der Waals surface area (Å²) in [6.07, 6.45) is 0. The van der Waals surface area contributed by atoms with E-state index in [4.69, 9.17) is 32.4 Å². The zero-order valence-corrected chi connectivity index (χ0v) is 14.0. The van der Waals surface area contributed by atoms with E-state index < -0.39 is 5.91 Å². The fourth-order valence-corrected chi connectivity index (χ4v) is 2.34. The predicted molar refractivity (Wildman–Crippen MR) is 90.3 cm³/mol. The molecule has 3 aromatic rings. The van der Waals surface area contributed by atoms with Gasteiger partial charge in [0.15, 0.2) is 6.61 Å². The molecular weight excluding hydrogens is 372 g/mol. The Morgan fingerprint density at radius 3 is 2.64 bits per heavy atom. The van der Waals surface area contributed by atoms with Crippen LogP contribution in [0.3, 0.4) is 0 Å². The van der Waals surface area contributed by atoms with Crippen LogP contribution in [0.25, 0.3) is 11.5 Å². The molecule has 0 unspecified atom stereocenters. The predicted octanol–water partition coefficient (Wildman–Crippen LogP) is 4.20. The number of hydrogen-bond donors (Lipinski definition) is 1. The van der Waals surface area contributed by atoms with E-state index in [0.717, 1.165) is 0 Å². The molecule has 1 heterocycles. The lowest BCUT2D eigenvalue weighted by Crippen LogP contribution is -2.20. The number of anilines is 1. The molecule has 0 aliphatic heterocycles. The Balaban J connectivity index is 1.59. The average molecular weight is 382 g/mol. The third-order valence-electron chi connectivity index (χ3n) is 3.02. The topological polar surface area (TPSA) is 77.2 Å². The van der Waals surface area contributed by atoms with Gasteiger partial charge in [-0.3, -0.25) is 10.1 Å². The summed E-state index contributed by atoms with van der Waals surface area (Å²) in [7, 11) is 0. The van der Waals surface area contributed by atoms with E-state index in [1.54, 1.807) is 12.1 Å². The van der Waals surface area contributed by atoms with Crippen molar-refractivity contribution in [1.82, 2.24) is 10.2 Å². The van der Waals surface area contributed by atoms with Crippen molar-refractivity contribution >= 4 is 35.1 Å². The molecule has 0 fully saturated rings. The standard InChI is InChI=1S/C16H10Cl2FN3O3/c17-10-3-6-13(12(18)7-10)24-8-14(23)20-16-22-21-15(25-16)9-1-4-11(19)5-2-9/h1-7H,8H2,(H,20,22,23). The minimum atomic E-state index is -0.514. The second kappa shape index (κ2) is 7.50. The summed E-state index contributed by atoms with van der Waals surface area (Å²) in [6, 6.07) is 10.0. The van der Waals surface area contributed by atoms with E-state index >= 15 is 0 Å². The van der Waals surface area contributed by atoms with Gasteiger partial charge in [0.2, 0.25) is 5.89 Å². The number of rotatable bonds is 5. The molecule has 2 aromatic carbocycles. The lowest BCUT2D eigenvalue weighted by molar-refractivity contribution is -0.118. The fraction of sp³-hybridized carbons (Fsp3) is 0.0625. The number of aromatic nitrogens is 2. The van der Waals surface area contributed by atoms with Gasteiger partial charge in [0, 0.05) is 10.6 Å². The highest BCUT2D eigenvalue weighted by molar-refractivity contribution is 6.35. The lowest BCUT2D eigenvalue weighted by Gasteiger charge is -2.07. The number of halogens is 3. The highest BCUT2D eigenvalue weighted by atomic mass is 35.5. The Morgan fingerprint density at radius 1 is 1.16 bits per heavy atom. The first-order valence-electron chi connectivity index (χ1n) is 6.98. The van der Waals surface area contributed by atoms with Crippen molar-refractivity contribution in [2.24, 2.45) is 0 Å². The molecule has 9 heteroatoms. The summed E-state index contributed by atoms with van der Waals surface area (Å²) < 4.78 is 23.5. The van der Waals surface area contributed by atoms with Crippen molar-refractivity contribution in [3.8, 4) is 17.2 Å². The Bertz CT molecular complexity index is 900. The van der Waals surface area contributed by atoms with Crippen LogP contribution < -0.4 is 10.1 Å². The molecule has 0 spiro atoms. The second-order valence-electron chi connectivity index (χ2n) is 4.83. The van der Waals surface area contributed by atoms with Gasteiger partial charge in [0.25, 0.3) is 5.91 Å². The van der Waals surface area contributed by atoms with Gasteiger partial charge in [-0.25, -0.2) is 4.39 Å². The van der Waals surface area contributed by atoms with Gasteiger partial charge in [-0.05, 0) is 42.5 Å². The molecule has 1 amide bonds. The smallest absolute Gasteiger partial charge is 0.322 e. The van der Waals surface area contributed by atoms with Crippen LogP contribution in [0.4, 0.5) is 10.4 Å². The van der Waals surface area contributed by atoms with Crippen molar-refractivity contribution in [1.29, 1.82) is 0 Å². The molecule has 0 aliphatic carbocycles. The SMILES string of the molecule is O=C(COc1ccc(Cl)cc1Cl)Nc1nnc(-c2ccc(F)cc2)o1. The fourth-order valence-electron chi connectivity index (χ4n) is 1.87. The first-order valence-corrected chi connectivity index (χ1v) is 7.74. The van der Waals surface area contributed by atoms with Gasteiger partial charge in [-0.2, -0.15) is 0 Å². The van der Waals surface area contributed by atoms with Crippen molar-refractivity contribution in [2.75, 3.05) is 11.9 Å². The number of benzene rings is 2. The van der Waals surface area contributed by atoms with Crippen LogP contribution >= 0.6 is 23.2 Å². The maximum Gasteiger partial charge on any atom is 0.322 e. The van der Waals surface area contributed by atoms with Gasteiger partial charge < -0.3 is 9.15 Å². The average Bonchev–Trinajstić information content (AvgIpc) is 3.03. The van der Waals surface area contributed by atoms with Crippen LogP contribution in [-0.2, 0) is 4.79 Å². The van der Waals surface area contributed by atoms with Crippen LogP contribution in [0.15, 0.2) is 46.9 Å². The lowest BCUT2D eigenvalue weighted by atomic mass is 10.2. The maximum absolute atomic E-state index is 12.9. The number of nitrogens with one attached hydrogen (secondary N) is 1. The molecule has 6 nitrogen and oxygen atoms in total. The van der Waals surface area contributed by atoms with Crippen LogP contribution in [0, 0.1) is 5.82 Å². The van der Waals surface area contributed by atoms with Crippen molar-refractivity contribution in [3.63, 3.8) is 0 Å². The molecule has 0 atom stereocenters. The summed E-state index contributed by atoms with van der Waals surface area (Å²) in [6.45, 7) is -0.310. The highest BCUT2D eigenvalue weighted by Crippen LogP contribution is 2.27. The number of hydrogen-bond acceptors (Lipinski definition) is 5. The van der Waals surface area contributed by atoms with E-state index in [-0.39, 0.29) is 29.4 Å². The molecule has 0 aliphatic rings. The van der Waals surface area contributed by atoms with E-state index in [0.29, 0.717) is 16.3 Å². The molecule has 1 aromatic heterocycles. The Hall–Kier alpha value is -2.64. The number of amides is 1. The number of nitrogens with zero attached hydrogens (tertiary/aromatic N) is 2. The second-order valence-corrected chi connectivity index (χ2v) is 5.67. The molecule has 3 rings (SSSR count). The summed E-state index contributed by atoms with van der Waals surface area (Å²) in [5, 5.41) is 10.6. The van der Waals surface area contributed by atoms with Crippen molar-refractivity contribution in [2.45, 2.75) is 0 Å². The third-order valence-corrected chi connectivity index (χ3v) is 3.55. The third kappa shape index (κ3) is 4.46. The van der Waals surface area contributed by atoms with Crippen LogP contribution in [0.5, 0.6) is 5.75 Å². The quantitative estimate of drug-likeness (QED) is 0.716. The van der Waals surface area contributed by atoms with Crippen LogP contribution in [0.1, 0.15) is 0 Å². The number of carbonyl (C=O) groups excluding carboxylic acids is 1. The van der Waals surface area contributed by atoms with Gasteiger partial charge in [-0.15, -0.1) is 5.10 Å². The van der Waals surface area contributed by atoms with Gasteiger partial charge in [0.05, 0.1) is 5.02 Å². The normalized spacial score (nSPS) is 10.5. The first kappa shape index (κ1) is 17.2. The monoisotopic (exact) mass is 381 g/mol. The van der Waals surface area contributed by atoms with Gasteiger partial charge in [0.1, 0.15) is 11.6 Å². The molecule has 0 saturated carbocycles. The van der Waals surface area contributed by atoms with E-state index in [9.17, 15) is 9.18 Å². The Kier molecular flexibility index (Phi) is 5.16. The molecular formula is C16H10Cl2FN3O3. The maximum atomic E-state index is 12.9. The zero-order chi connectivity index (χ0) is 17.8. The largest absolute Gasteiger partial charge is 0.482 e. The molecule has 1 N–H and O–H groups in total. The molecule has 0 radical (unpaired) electrons. The van der Waals surface area contributed by atoms with Gasteiger partial charge in [-0.1, -0.05) is 28.3 Å². The summed E-state index contributed by atoms with van der Waals surface area (Å²) in [5.41, 5.74) is 0.526. The molecule has 0 saturated heterocycles. The number of carbonyl (C=O) groups is 1. The first-order chi connectivity index (χ1) is 12.0. The van der Waals surface area contributed by atoms with Crippen molar-refractivity contribution in [3.05, 3.63) is 58.3 Å². The highest BCUT2D eigenvalue weighted by Gasteiger charge is 2.12. The van der Waals surface area contributed by atoms with Crippen LogP contribution in [0.2, 0.25) is 10.0 Å². The zero-order valence-electron chi connectivity index (χ0n) is 12.5. The summed E-state index contributed by atoms with van der Waals surface area (Å²) >= 11 is 11.7. The molecule has 128 valence electrons. The molecule has 25 heavy (non-hydrogen) atoms. The minimum absolute atomic E-state index is 0.102. The Morgan fingerprint density at radius 2 is 1.92 bits per heavy atom. The summed E-state index contributed by atoms with van der Waals surface area (Å²) in [4.78, 5) is 11.9. The van der Waals surface area contributed by atoms with E-state index in [2.05, 4.69) is 15.5 Å².